The summed E-state index contributed by atoms with van der Waals surface area (Å²) in [6, 6.07) is 4.45. The Kier molecular flexibility index (Phi) is 3.49. The summed E-state index contributed by atoms with van der Waals surface area (Å²) in [5.74, 6) is -0.994. The smallest absolute Gasteiger partial charge is 0.336 e. The second kappa shape index (κ2) is 4.44. The van der Waals surface area contributed by atoms with E-state index in [1.54, 1.807) is 12.1 Å². The van der Waals surface area contributed by atoms with Gasteiger partial charge in [-0.05, 0) is 18.6 Å². The van der Waals surface area contributed by atoms with Crippen molar-refractivity contribution in [3.05, 3.63) is 34.3 Å². The molecule has 4 heteroatoms. The normalized spacial score (nSPS) is 12.5. The van der Waals surface area contributed by atoms with Gasteiger partial charge in [-0.1, -0.05) is 24.6 Å². The molecule has 0 aliphatic heterocycles. The van der Waals surface area contributed by atoms with Crippen LogP contribution in [0.25, 0.3) is 0 Å². The predicted molar refractivity (Wildman–Crippen MR) is 55.6 cm³/mol. The fraction of sp³-hybridized carbons (Fsp3) is 0.300. The largest absolute Gasteiger partial charge is 0.478 e. The number of halogens is 1. The van der Waals surface area contributed by atoms with E-state index in [1.165, 1.54) is 6.07 Å². The Morgan fingerprint density at radius 1 is 1.64 bits per heavy atom. The van der Waals surface area contributed by atoms with E-state index in [0.717, 1.165) is 0 Å². The van der Waals surface area contributed by atoms with Crippen molar-refractivity contribution < 1.29 is 9.90 Å². The number of carboxylic acids is 1. The van der Waals surface area contributed by atoms with Gasteiger partial charge in [0.15, 0.2) is 0 Å². The number of hydrogen-bond donors (Lipinski definition) is 2. The number of rotatable bonds is 3. The number of benzene rings is 1. The van der Waals surface area contributed by atoms with E-state index < -0.39 is 5.97 Å². The fourth-order valence-corrected chi connectivity index (χ4v) is 1.62. The maximum Gasteiger partial charge on any atom is 0.336 e. The van der Waals surface area contributed by atoms with Gasteiger partial charge in [-0.2, -0.15) is 0 Å². The van der Waals surface area contributed by atoms with Gasteiger partial charge in [0.2, 0.25) is 0 Å². The third-order valence-electron chi connectivity index (χ3n) is 2.09. The summed E-state index contributed by atoms with van der Waals surface area (Å²) in [5, 5.41) is 9.34. The van der Waals surface area contributed by atoms with Crippen molar-refractivity contribution in [1.29, 1.82) is 0 Å². The van der Waals surface area contributed by atoms with Crippen LogP contribution in [0.3, 0.4) is 0 Å². The Hall–Kier alpha value is -1.06. The average Bonchev–Trinajstić information content (AvgIpc) is 2.16. The molecule has 1 aromatic carbocycles. The summed E-state index contributed by atoms with van der Waals surface area (Å²) in [5.41, 5.74) is 6.49. The molecule has 3 nitrogen and oxygen atoms in total. The number of nitrogens with two attached hydrogens (primary N) is 1. The highest BCUT2D eigenvalue weighted by atomic mass is 35.5. The maximum absolute atomic E-state index is 10.9. The SMILES string of the molecule is CC[C@@H](N)c1c(Cl)cccc1C(=O)O. The van der Waals surface area contributed by atoms with Crippen molar-refractivity contribution in [2.75, 3.05) is 0 Å². The number of aromatic carboxylic acids is 1. The first kappa shape index (κ1) is 11.0. The van der Waals surface area contributed by atoms with Gasteiger partial charge in [-0.25, -0.2) is 4.79 Å². The lowest BCUT2D eigenvalue weighted by Gasteiger charge is -2.13. The van der Waals surface area contributed by atoms with Crippen LogP contribution in [0.4, 0.5) is 0 Å². The van der Waals surface area contributed by atoms with E-state index in [9.17, 15) is 4.79 Å². The molecular formula is C10H12ClNO2. The first-order valence-corrected chi connectivity index (χ1v) is 4.73. The molecule has 0 spiro atoms. The molecule has 14 heavy (non-hydrogen) atoms. The molecule has 0 aliphatic carbocycles. The molecule has 1 atom stereocenters. The predicted octanol–water partition coefficient (Wildman–Crippen LogP) is 2.45. The van der Waals surface area contributed by atoms with Crippen molar-refractivity contribution >= 4 is 17.6 Å². The lowest BCUT2D eigenvalue weighted by atomic mass is 9.99. The lowest BCUT2D eigenvalue weighted by Crippen LogP contribution is -2.14. The van der Waals surface area contributed by atoms with Gasteiger partial charge in [0.25, 0.3) is 0 Å². The van der Waals surface area contributed by atoms with Crippen LogP contribution < -0.4 is 5.73 Å². The first-order chi connectivity index (χ1) is 6.57. The van der Waals surface area contributed by atoms with Crippen molar-refractivity contribution in [2.24, 2.45) is 5.73 Å². The Labute approximate surface area is 87.5 Å². The quantitative estimate of drug-likeness (QED) is 0.811. The van der Waals surface area contributed by atoms with Crippen LogP contribution in [-0.2, 0) is 0 Å². The van der Waals surface area contributed by atoms with Crippen molar-refractivity contribution in [2.45, 2.75) is 19.4 Å². The molecule has 3 N–H and O–H groups in total. The van der Waals surface area contributed by atoms with Crippen molar-refractivity contribution in [1.82, 2.24) is 0 Å². The fourth-order valence-electron chi connectivity index (χ4n) is 1.30. The summed E-state index contributed by atoms with van der Waals surface area (Å²) in [6.07, 6.45) is 0.657. The number of carbonyl (C=O) groups is 1. The van der Waals surface area contributed by atoms with Crippen molar-refractivity contribution in [3.63, 3.8) is 0 Å². The third-order valence-corrected chi connectivity index (χ3v) is 2.42. The third kappa shape index (κ3) is 2.05. The molecule has 76 valence electrons. The maximum atomic E-state index is 10.9. The molecule has 0 heterocycles. The topological polar surface area (TPSA) is 63.3 Å². The Morgan fingerprint density at radius 3 is 2.79 bits per heavy atom. The zero-order valence-electron chi connectivity index (χ0n) is 7.83. The second-order valence-corrected chi connectivity index (χ2v) is 3.43. The van der Waals surface area contributed by atoms with Crippen LogP contribution in [0.15, 0.2) is 18.2 Å². The zero-order valence-corrected chi connectivity index (χ0v) is 8.58. The van der Waals surface area contributed by atoms with E-state index in [4.69, 9.17) is 22.4 Å². The van der Waals surface area contributed by atoms with Crippen LogP contribution in [0, 0.1) is 0 Å². The molecule has 0 saturated heterocycles. The number of hydrogen-bond acceptors (Lipinski definition) is 2. The molecule has 0 bridgehead atoms. The lowest BCUT2D eigenvalue weighted by molar-refractivity contribution is 0.0695. The Balaban J connectivity index is 3.29. The van der Waals surface area contributed by atoms with Gasteiger partial charge in [-0.15, -0.1) is 0 Å². The molecule has 0 saturated carbocycles. The molecule has 0 unspecified atom stereocenters. The summed E-state index contributed by atoms with van der Waals surface area (Å²) >= 11 is 5.90. The molecule has 0 radical (unpaired) electrons. The molecule has 0 fully saturated rings. The average molecular weight is 214 g/mol. The highest BCUT2D eigenvalue weighted by Gasteiger charge is 2.17. The summed E-state index contributed by atoms with van der Waals surface area (Å²) in [7, 11) is 0. The minimum atomic E-state index is -0.994. The van der Waals surface area contributed by atoms with Crippen LogP contribution >= 0.6 is 11.6 Å². The van der Waals surface area contributed by atoms with Crippen LogP contribution in [0.2, 0.25) is 5.02 Å². The standard InChI is InChI=1S/C10H12ClNO2/c1-2-8(12)9-6(10(13)14)4-3-5-7(9)11/h3-5,8H,2,12H2,1H3,(H,13,14)/t8-/m1/s1. The minimum Gasteiger partial charge on any atom is -0.478 e. The van der Waals surface area contributed by atoms with Gasteiger partial charge < -0.3 is 10.8 Å². The Morgan fingerprint density at radius 2 is 2.29 bits per heavy atom. The molecular weight excluding hydrogens is 202 g/mol. The molecule has 0 aromatic heterocycles. The highest BCUT2D eigenvalue weighted by molar-refractivity contribution is 6.31. The van der Waals surface area contributed by atoms with Gasteiger partial charge >= 0.3 is 5.97 Å². The monoisotopic (exact) mass is 213 g/mol. The van der Waals surface area contributed by atoms with E-state index in [1.807, 2.05) is 6.92 Å². The van der Waals surface area contributed by atoms with E-state index in [-0.39, 0.29) is 11.6 Å². The molecule has 0 amide bonds. The van der Waals surface area contributed by atoms with Crippen molar-refractivity contribution in [3.8, 4) is 0 Å². The number of carboxylic acid groups (broad SMARTS) is 1. The van der Waals surface area contributed by atoms with Gasteiger partial charge in [0.05, 0.1) is 5.56 Å². The second-order valence-electron chi connectivity index (χ2n) is 3.02. The molecule has 1 rings (SSSR count). The van der Waals surface area contributed by atoms with Crippen LogP contribution in [0.1, 0.15) is 35.3 Å². The summed E-state index contributed by atoms with van der Waals surface area (Å²) in [6.45, 7) is 1.89. The van der Waals surface area contributed by atoms with E-state index >= 15 is 0 Å². The highest BCUT2D eigenvalue weighted by Crippen LogP contribution is 2.27. The van der Waals surface area contributed by atoms with Gasteiger partial charge in [0, 0.05) is 16.6 Å². The zero-order chi connectivity index (χ0) is 10.7. The van der Waals surface area contributed by atoms with E-state index in [0.29, 0.717) is 17.0 Å². The van der Waals surface area contributed by atoms with E-state index in [2.05, 4.69) is 0 Å². The van der Waals surface area contributed by atoms with Crippen LogP contribution in [-0.4, -0.2) is 11.1 Å². The first-order valence-electron chi connectivity index (χ1n) is 4.35. The Bertz CT molecular complexity index is 352. The minimum absolute atomic E-state index is 0.187. The summed E-state index contributed by atoms with van der Waals surface area (Å²) < 4.78 is 0. The molecule has 0 aliphatic rings. The van der Waals surface area contributed by atoms with Gasteiger partial charge in [0.1, 0.15) is 0 Å². The summed E-state index contributed by atoms with van der Waals surface area (Å²) in [4.78, 5) is 10.9. The molecule has 1 aromatic rings. The van der Waals surface area contributed by atoms with Gasteiger partial charge in [-0.3, -0.25) is 0 Å². The van der Waals surface area contributed by atoms with Crippen LogP contribution in [0.5, 0.6) is 0 Å².